The molecule has 4 rings (SSSR count). The lowest BCUT2D eigenvalue weighted by atomic mass is 10.1. The molecule has 4 nitrogen and oxygen atoms in total. The molecule has 0 spiro atoms. The second kappa shape index (κ2) is 7.26. The maximum Gasteiger partial charge on any atom is 0.158 e. The summed E-state index contributed by atoms with van der Waals surface area (Å²) in [5.41, 5.74) is 4.73. The molecule has 0 amide bonds. The van der Waals surface area contributed by atoms with Crippen LogP contribution in [-0.4, -0.2) is 24.8 Å². The molecule has 26 heavy (non-hydrogen) atoms. The average molecular weight is 348 g/mol. The second-order valence-corrected chi connectivity index (χ2v) is 6.46. The number of methoxy groups -OCH3 is 1. The maximum atomic E-state index is 6.05. The third kappa shape index (κ3) is 3.08. The van der Waals surface area contributed by atoms with Crippen molar-refractivity contribution in [2.45, 2.75) is 19.6 Å². The van der Waals surface area contributed by atoms with Gasteiger partial charge in [0.15, 0.2) is 6.23 Å². The summed E-state index contributed by atoms with van der Waals surface area (Å²) >= 11 is 0. The van der Waals surface area contributed by atoms with Crippen molar-refractivity contribution in [2.75, 3.05) is 25.2 Å². The van der Waals surface area contributed by atoms with E-state index in [-0.39, 0.29) is 6.23 Å². The molecule has 0 radical (unpaired) electrons. The Hall–Kier alpha value is -2.72. The molecule has 1 aromatic heterocycles. The molecule has 0 N–H and O–H groups in total. The Labute approximate surface area is 154 Å². The molecule has 2 heterocycles. The lowest BCUT2D eigenvalue weighted by molar-refractivity contribution is 0.114. The fourth-order valence-corrected chi connectivity index (χ4v) is 3.49. The van der Waals surface area contributed by atoms with Gasteiger partial charge in [-0.1, -0.05) is 31.2 Å². The first-order valence-electron chi connectivity index (χ1n) is 9.08. The van der Waals surface area contributed by atoms with Crippen molar-refractivity contribution >= 4 is 5.69 Å². The number of ether oxygens (including phenoxy) is 2. The Morgan fingerprint density at radius 1 is 1.08 bits per heavy atom. The van der Waals surface area contributed by atoms with Crippen molar-refractivity contribution in [3.8, 4) is 11.4 Å². The third-order valence-corrected chi connectivity index (χ3v) is 4.93. The van der Waals surface area contributed by atoms with Crippen LogP contribution in [0.2, 0.25) is 0 Å². The normalized spacial score (nSPS) is 16.8. The van der Waals surface area contributed by atoms with Gasteiger partial charge in [-0.3, -0.25) is 0 Å². The first-order valence-corrected chi connectivity index (χ1v) is 9.08. The molecule has 1 unspecified atom stereocenters. The van der Waals surface area contributed by atoms with E-state index >= 15 is 0 Å². The van der Waals surface area contributed by atoms with E-state index in [1.54, 1.807) is 7.11 Å². The highest BCUT2D eigenvalue weighted by Crippen LogP contribution is 2.33. The predicted octanol–water partition coefficient (Wildman–Crippen LogP) is 4.58. The number of rotatable bonds is 5. The molecule has 1 aliphatic rings. The van der Waals surface area contributed by atoms with Gasteiger partial charge >= 0.3 is 0 Å². The number of anilines is 1. The minimum absolute atomic E-state index is 0.0570. The standard InChI is InChI=1S/C22H24N2O2/c1-3-17-8-10-19(11-9-17)24-14-15-26-22(24)18-12-13-23(16-18)20-6-4-5-7-21(20)25-2/h4-13,16,22H,3,14-15H2,1-2H3. The summed E-state index contributed by atoms with van der Waals surface area (Å²) in [6, 6.07) is 18.9. The summed E-state index contributed by atoms with van der Waals surface area (Å²) in [7, 11) is 1.70. The van der Waals surface area contributed by atoms with Crippen LogP contribution in [-0.2, 0) is 11.2 Å². The van der Waals surface area contributed by atoms with E-state index < -0.39 is 0 Å². The fraction of sp³-hybridized carbons (Fsp3) is 0.273. The van der Waals surface area contributed by atoms with Crippen LogP contribution in [0.25, 0.3) is 5.69 Å². The first-order chi connectivity index (χ1) is 12.8. The smallest absolute Gasteiger partial charge is 0.158 e. The van der Waals surface area contributed by atoms with Gasteiger partial charge < -0.3 is 18.9 Å². The second-order valence-electron chi connectivity index (χ2n) is 6.46. The molecule has 2 aromatic carbocycles. The molecule has 3 aromatic rings. The zero-order valence-electron chi connectivity index (χ0n) is 15.3. The average Bonchev–Trinajstić information content (AvgIpc) is 3.37. The van der Waals surface area contributed by atoms with Crippen LogP contribution in [0.15, 0.2) is 67.0 Å². The highest BCUT2D eigenvalue weighted by atomic mass is 16.5. The van der Waals surface area contributed by atoms with Gasteiger partial charge in [-0.05, 0) is 42.3 Å². The Kier molecular flexibility index (Phi) is 4.67. The highest BCUT2D eigenvalue weighted by molar-refractivity contribution is 5.51. The first kappa shape index (κ1) is 16.7. The quantitative estimate of drug-likeness (QED) is 0.675. The Bertz CT molecular complexity index is 870. The van der Waals surface area contributed by atoms with Crippen LogP contribution in [0.1, 0.15) is 24.3 Å². The zero-order valence-corrected chi connectivity index (χ0v) is 15.3. The minimum atomic E-state index is -0.0570. The number of hydrogen-bond acceptors (Lipinski definition) is 3. The van der Waals surface area contributed by atoms with Gasteiger partial charge in [0.2, 0.25) is 0 Å². The largest absolute Gasteiger partial charge is 0.495 e. The number of hydrogen-bond donors (Lipinski definition) is 0. The molecule has 1 fully saturated rings. The number of aromatic nitrogens is 1. The van der Waals surface area contributed by atoms with Gasteiger partial charge in [0.25, 0.3) is 0 Å². The summed E-state index contributed by atoms with van der Waals surface area (Å²) in [4.78, 5) is 2.32. The van der Waals surface area contributed by atoms with Crippen molar-refractivity contribution in [3.05, 3.63) is 78.1 Å². The summed E-state index contributed by atoms with van der Waals surface area (Å²) in [6.07, 6.45) is 5.19. The van der Waals surface area contributed by atoms with Crippen molar-refractivity contribution in [1.29, 1.82) is 0 Å². The van der Waals surface area contributed by atoms with Crippen LogP contribution >= 0.6 is 0 Å². The molecule has 1 saturated heterocycles. The minimum Gasteiger partial charge on any atom is -0.495 e. The predicted molar refractivity (Wildman–Crippen MR) is 104 cm³/mol. The summed E-state index contributed by atoms with van der Waals surface area (Å²) in [6.45, 7) is 3.81. The van der Waals surface area contributed by atoms with Gasteiger partial charge in [-0.25, -0.2) is 0 Å². The molecular formula is C22H24N2O2. The lowest BCUT2D eigenvalue weighted by Gasteiger charge is -2.24. The van der Waals surface area contributed by atoms with E-state index in [1.807, 2.05) is 18.2 Å². The number of benzene rings is 2. The van der Waals surface area contributed by atoms with E-state index in [0.29, 0.717) is 0 Å². The summed E-state index contributed by atoms with van der Waals surface area (Å²) < 4.78 is 13.6. The molecule has 134 valence electrons. The lowest BCUT2D eigenvalue weighted by Crippen LogP contribution is -2.22. The van der Waals surface area contributed by atoms with E-state index in [0.717, 1.165) is 36.6 Å². The molecule has 0 saturated carbocycles. The molecule has 0 bridgehead atoms. The Morgan fingerprint density at radius 2 is 1.88 bits per heavy atom. The van der Waals surface area contributed by atoms with Gasteiger partial charge in [0.1, 0.15) is 5.75 Å². The van der Waals surface area contributed by atoms with E-state index in [9.17, 15) is 0 Å². The van der Waals surface area contributed by atoms with E-state index in [4.69, 9.17) is 9.47 Å². The molecule has 4 heteroatoms. The van der Waals surface area contributed by atoms with Gasteiger partial charge in [-0.15, -0.1) is 0 Å². The maximum absolute atomic E-state index is 6.05. The monoisotopic (exact) mass is 348 g/mol. The van der Waals surface area contributed by atoms with E-state index in [2.05, 4.69) is 65.2 Å². The van der Waals surface area contributed by atoms with Crippen molar-refractivity contribution in [3.63, 3.8) is 0 Å². The van der Waals surface area contributed by atoms with Crippen LogP contribution in [0.4, 0.5) is 5.69 Å². The van der Waals surface area contributed by atoms with Crippen LogP contribution < -0.4 is 9.64 Å². The van der Waals surface area contributed by atoms with E-state index in [1.165, 1.54) is 11.3 Å². The van der Waals surface area contributed by atoms with Crippen LogP contribution in [0.3, 0.4) is 0 Å². The molecule has 0 aliphatic carbocycles. The Balaban J connectivity index is 1.61. The number of nitrogens with zero attached hydrogens (tertiary/aromatic N) is 2. The van der Waals surface area contributed by atoms with Gasteiger partial charge in [0.05, 0.1) is 19.4 Å². The molecule has 1 aliphatic heterocycles. The van der Waals surface area contributed by atoms with Crippen molar-refractivity contribution < 1.29 is 9.47 Å². The number of para-hydroxylation sites is 2. The SMILES string of the molecule is CCc1ccc(N2CCOC2c2ccn(-c3ccccc3OC)c2)cc1. The molecule has 1 atom stereocenters. The van der Waals surface area contributed by atoms with Crippen LogP contribution in [0.5, 0.6) is 5.75 Å². The van der Waals surface area contributed by atoms with Crippen molar-refractivity contribution in [2.24, 2.45) is 0 Å². The van der Waals surface area contributed by atoms with Crippen LogP contribution in [0, 0.1) is 0 Å². The number of aryl methyl sites for hydroxylation is 1. The van der Waals surface area contributed by atoms with Gasteiger partial charge in [0, 0.05) is 30.2 Å². The fourth-order valence-electron chi connectivity index (χ4n) is 3.49. The Morgan fingerprint density at radius 3 is 2.65 bits per heavy atom. The van der Waals surface area contributed by atoms with Gasteiger partial charge in [-0.2, -0.15) is 0 Å². The zero-order chi connectivity index (χ0) is 17.9. The topological polar surface area (TPSA) is 26.6 Å². The van der Waals surface area contributed by atoms with Crippen molar-refractivity contribution in [1.82, 2.24) is 4.57 Å². The highest BCUT2D eigenvalue weighted by Gasteiger charge is 2.28. The summed E-state index contributed by atoms with van der Waals surface area (Å²) in [5.74, 6) is 0.856. The molecular weight excluding hydrogens is 324 g/mol. The summed E-state index contributed by atoms with van der Waals surface area (Å²) in [5, 5.41) is 0. The third-order valence-electron chi connectivity index (χ3n) is 4.93.